The van der Waals surface area contributed by atoms with Crippen LogP contribution in [0.25, 0.3) is 0 Å². The maximum absolute atomic E-state index is 7.75. The molecule has 0 aliphatic heterocycles. The molecule has 0 saturated heterocycles. The molecule has 0 fully saturated rings. The van der Waals surface area contributed by atoms with Crippen LogP contribution in [-0.2, 0) is 24.3 Å². The average Bonchev–Trinajstić information content (AvgIpc) is 2.91. The first-order valence-electron chi connectivity index (χ1n) is 11.3. The van der Waals surface area contributed by atoms with Crippen LogP contribution in [0.2, 0.25) is 0 Å². The van der Waals surface area contributed by atoms with Gasteiger partial charge in [-0.1, -0.05) is 72.8 Å². The Labute approximate surface area is 227 Å². The number of carbonyl (C=O) groups excluding carboxylic acids is 1. The summed E-state index contributed by atoms with van der Waals surface area (Å²) < 4.78 is 0. The molecular weight excluding hydrogens is 552 g/mol. The van der Waals surface area contributed by atoms with Crippen molar-refractivity contribution >= 4 is 52.3 Å². The van der Waals surface area contributed by atoms with Crippen molar-refractivity contribution in [3.8, 4) is 0 Å². The fraction of sp³-hybridized carbons (Fsp3) is 0.138. The van der Waals surface area contributed by atoms with E-state index >= 15 is 0 Å². The molecule has 178 valence electrons. The number of hydrogen-bond donors (Lipinski definition) is 1. The molecule has 0 unspecified atom stereocenters. The van der Waals surface area contributed by atoms with Crippen molar-refractivity contribution in [2.75, 3.05) is 25.4 Å². The Hall–Kier alpha value is -1.94. The molecule has 0 aliphatic carbocycles. The van der Waals surface area contributed by atoms with Crippen molar-refractivity contribution in [1.82, 2.24) is 5.32 Å². The van der Waals surface area contributed by atoms with Gasteiger partial charge in [0.25, 0.3) is 0 Å². The minimum absolute atomic E-state index is 0. The van der Waals surface area contributed by atoms with Crippen molar-refractivity contribution < 1.29 is 24.3 Å². The molecule has 4 aromatic carbocycles. The standard InChI is InChI=1S/C28H29NP2.CHO.B.Ru.H/c1-5-13-25(14-6-1)30(26-15-7-2-8-16-26)23-21-29-22-24-31(27-17-9-3-10-18-27)28-19-11-4-12-20-28;1-2;;;/h1-20,29H,21-24H2;1H;;;/q;-1;;+2;/p+2. The van der Waals surface area contributed by atoms with E-state index in [2.05, 4.69) is 133 Å². The molecule has 0 amide bonds. The largest absolute Gasteiger partial charge is 0.310 e. The summed E-state index contributed by atoms with van der Waals surface area (Å²) in [6, 6.07) is 44.2. The molecule has 4 aromatic rings. The Morgan fingerprint density at radius 3 is 0.943 bits per heavy atom. The van der Waals surface area contributed by atoms with Gasteiger partial charge in [-0.3, -0.25) is 6.79 Å². The molecular formula is C29H33BNOP2Ru+3. The van der Waals surface area contributed by atoms with Gasteiger partial charge in [0.15, 0.2) is 0 Å². The first kappa shape index (κ1) is 31.1. The maximum atomic E-state index is 7.75. The molecule has 0 spiro atoms. The third kappa shape index (κ3) is 9.91. The van der Waals surface area contributed by atoms with Crippen molar-refractivity contribution in [2.45, 2.75) is 0 Å². The smallest absolute Gasteiger partial charge is 0.0967 e. The Bertz CT molecular complexity index is 879. The fourth-order valence-corrected chi connectivity index (χ4v) is 9.07. The summed E-state index contributed by atoms with van der Waals surface area (Å²) in [7, 11) is -1.52. The first-order valence-corrected chi connectivity index (χ1v) is 14.7. The van der Waals surface area contributed by atoms with E-state index in [1.807, 2.05) is 0 Å². The molecule has 0 saturated carbocycles. The zero-order valence-electron chi connectivity index (χ0n) is 19.8. The Balaban J connectivity index is 0.00000149. The zero-order valence-corrected chi connectivity index (χ0v) is 23.7. The van der Waals surface area contributed by atoms with E-state index in [9.17, 15) is 0 Å². The number of rotatable bonds is 10. The van der Waals surface area contributed by atoms with Gasteiger partial charge < -0.3 is 10.1 Å². The van der Waals surface area contributed by atoms with Crippen LogP contribution in [0, 0.1) is 0 Å². The van der Waals surface area contributed by atoms with E-state index < -0.39 is 15.8 Å². The zero-order chi connectivity index (χ0) is 23.1. The molecule has 1 N–H and O–H groups in total. The van der Waals surface area contributed by atoms with Crippen LogP contribution in [0.5, 0.6) is 0 Å². The van der Waals surface area contributed by atoms with Gasteiger partial charge in [0.05, 0.1) is 49.4 Å². The molecule has 0 aromatic heterocycles. The minimum Gasteiger partial charge on any atom is -0.310 e. The van der Waals surface area contributed by atoms with Crippen molar-refractivity contribution in [1.29, 1.82) is 0 Å². The quantitative estimate of drug-likeness (QED) is 0.102. The second-order valence-corrected chi connectivity index (χ2v) is 12.9. The van der Waals surface area contributed by atoms with Crippen LogP contribution in [0.4, 0.5) is 0 Å². The molecule has 3 radical (unpaired) electrons. The SMILES string of the molecule is [B].[CH-]=O.[RuH+2].c1ccc([PH+](CCNCC[PH+](c2ccccc2)c2ccccc2)c2ccccc2)cc1. The summed E-state index contributed by atoms with van der Waals surface area (Å²) in [5.41, 5.74) is 0. The average molecular weight is 585 g/mol. The predicted octanol–water partition coefficient (Wildman–Crippen LogP) is 3.38. The molecule has 2 nitrogen and oxygen atoms in total. The van der Waals surface area contributed by atoms with Crippen molar-refractivity contribution in [2.24, 2.45) is 0 Å². The van der Waals surface area contributed by atoms with E-state index in [4.69, 9.17) is 4.79 Å². The monoisotopic (exact) mass is 586 g/mol. The first-order chi connectivity index (χ1) is 16.4. The Morgan fingerprint density at radius 1 is 0.486 bits per heavy atom. The molecule has 0 heterocycles. The predicted molar refractivity (Wildman–Crippen MR) is 157 cm³/mol. The second-order valence-electron chi connectivity index (χ2n) is 7.67. The van der Waals surface area contributed by atoms with Gasteiger partial charge in [-0.25, -0.2) is 0 Å². The molecule has 0 bridgehead atoms. The van der Waals surface area contributed by atoms with Crippen LogP contribution < -0.4 is 26.5 Å². The molecule has 4 rings (SSSR count). The van der Waals surface area contributed by atoms with E-state index in [1.165, 1.54) is 33.5 Å². The summed E-state index contributed by atoms with van der Waals surface area (Å²) in [6.45, 7) is 5.38. The Morgan fingerprint density at radius 2 is 0.714 bits per heavy atom. The van der Waals surface area contributed by atoms with Crippen LogP contribution in [0.3, 0.4) is 0 Å². The molecule has 0 aliphatic rings. The summed E-state index contributed by atoms with van der Waals surface area (Å²) in [5.74, 6) is 0. The normalized spacial score (nSPS) is 10.0. The number of nitrogens with one attached hydrogen (secondary N) is 1. The van der Waals surface area contributed by atoms with E-state index in [0.29, 0.717) is 0 Å². The van der Waals surface area contributed by atoms with E-state index in [-0.39, 0.29) is 27.9 Å². The third-order valence-corrected chi connectivity index (χ3v) is 11.2. The number of benzene rings is 4. The molecule has 0 atom stereocenters. The summed E-state index contributed by atoms with van der Waals surface area (Å²) in [4.78, 5) is 7.75. The minimum atomic E-state index is -0.758. The van der Waals surface area contributed by atoms with Gasteiger partial charge in [-0.05, 0) is 48.5 Å². The molecule has 35 heavy (non-hydrogen) atoms. The van der Waals surface area contributed by atoms with Gasteiger partial charge in [0.2, 0.25) is 0 Å². The number of hydrogen-bond acceptors (Lipinski definition) is 2. The maximum Gasteiger partial charge on any atom is 0.0967 e. The van der Waals surface area contributed by atoms with Crippen molar-refractivity contribution in [3.05, 3.63) is 121 Å². The summed E-state index contributed by atoms with van der Waals surface area (Å²) >= 11 is 0. The summed E-state index contributed by atoms with van der Waals surface area (Å²) in [6.07, 6.45) is 2.41. The van der Waals surface area contributed by atoms with Crippen molar-refractivity contribution in [3.63, 3.8) is 0 Å². The van der Waals surface area contributed by atoms with Gasteiger partial charge in [0, 0.05) is 21.5 Å². The second kappa shape index (κ2) is 18.3. The fourth-order valence-electron chi connectivity index (χ4n) is 4.02. The van der Waals surface area contributed by atoms with Gasteiger partial charge in [-0.15, -0.1) is 0 Å². The van der Waals surface area contributed by atoms with E-state index in [0.717, 1.165) is 13.1 Å². The van der Waals surface area contributed by atoms with Gasteiger partial charge in [-0.2, -0.15) is 0 Å². The van der Waals surface area contributed by atoms with Gasteiger partial charge in [0.1, 0.15) is 0 Å². The third-order valence-electron chi connectivity index (χ3n) is 5.59. The molecule has 6 heteroatoms. The van der Waals surface area contributed by atoms with Crippen LogP contribution in [-0.4, -0.2) is 40.6 Å². The van der Waals surface area contributed by atoms with Gasteiger partial charge >= 0.3 is 19.5 Å². The topological polar surface area (TPSA) is 29.1 Å². The van der Waals surface area contributed by atoms with Crippen LogP contribution in [0.1, 0.15) is 0 Å². The Kier molecular flexibility index (Phi) is 16.3. The van der Waals surface area contributed by atoms with Crippen LogP contribution in [0.15, 0.2) is 121 Å². The van der Waals surface area contributed by atoms with Crippen LogP contribution >= 0.6 is 15.8 Å². The summed E-state index contributed by atoms with van der Waals surface area (Å²) in [5, 5.41) is 9.77. The van der Waals surface area contributed by atoms with E-state index in [1.54, 1.807) is 0 Å².